The molecule has 1 spiro atoms. The monoisotopic (exact) mass is 338 g/mol. The Kier molecular flexibility index (Phi) is 3.29. The van der Waals surface area contributed by atoms with Crippen LogP contribution >= 0.6 is 0 Å². The smallest absolute Gasteiger partial charge is 0.230 e. The second-order valence-corrected chi connectivity index (χ2v) is 7.68. The van der Waals surface area contributed by atoms with E-state index in [4.69, 9.17) is 4.74 Å². The molecule has 25 heavy (non-hydrogen) atoms. The predicted molar refractivity (Wildman–Crippen MR) is 91.6 cm³/mol. The van der Waals surface area contributed by atoms with Gasteiger partial charge in [-0.2, -0.15) is 0 Å². The van der Waals surface area contributed by atoms with Gasteiger partial charge in [0, 0.05) is 12.6 Å². The van der Waals surface area contributed by atoms with Crippen molar-refractivity contribution < 1.29 is 14.3 Å². The summed E-state index contributed by atoms with van der Waals surface area (Å²) in [5.74, 6) is -0.683. The second-order valence-electron chi connectivity index (χ2n) is 7.68. The van der Waals surface area contributed by atoms with Crippen LogP contribution in [0, 0.1) is 11.8 Å². The standard InChI is InChI=1S/C20H22N2O3/c23-18(21-14-6-7-14)16-15-8-10-20(25-15)12-22(19(24)17(16)20)11-9-13-4-2-1-3-5-13/h1-5,8,10,14-17H,6-7,9,11-12H2,(H,21,23)/t15-,16+,17+,20-/m0/s1. The molecule has 0 radical (unpaired) electrons. The maximum atomic E-state index is 13.0. The highest BCUT2D eigenvalue weighted by molar-refractivity contribution is 5.93. The topological polar surface area (TPSA) is 58.6 Å². The van der Waals surface area contributed by atoms with Crippen molar-refractivity contribution >= 4 is 11.8 Å². The Bertz CT molecular complexity index is 743. The number of fused-ring (bicyclic) bond motifs is 1. The zero-order chi connectivity index (χ0) is 17.0. The fraction of sp³-hybridized carbons (Fsp3) is 0.500. The first kappa shape index (κ1) is 15.1. The number of carbonyl (C=O) groups is 2. The van der Waals surface area contributed by atoms with Crippen molar-refractivity contribution in [2.24, 2.45) is 11.8 Å². The number of nitrogens with zero attached hydrogens (tertiary/aromatic N) is 1. The van der Waals surface area contributed by atoms with Gasteiger partial charge in [-0.25, -0.2) is 0 Å². The molecule has 5 rings (SSSR count). The molecule has 1 saturated carbocycles. The third-order valence-corrected chi connectivity index (χ3v) is 5.92. The highest BCUT2D eigenvalue weighted by Gasteiger charge is 2.66. The lowest BCUT2D eigenvalue weighted by atomic mass is 9.77. The first-order valence-corrected chi connectivity index (χ1v) is 9.17. The van der Waals surface area contributed by atoms with Crippen molar-refractivity contribution in [2.75, 3.05) is 13.1 Å². The van der Waals surface area contributed by atoms with Crippen molar-refractivity contribution in [3.05, 3.63) is 48.0 Å². The highest BCUT2D eigenvalue weighted by Crippen LogP contribution is 2.52. The van der Waals surface area contributed by atoms with E-state index in [1.165, 1.54) is 5.56 Å². The van der Waals surface area contributed by atoms with Crippen LogP contribution in [0.2, 0.25) is 0 Å². The summed E-state index contributed by atoms with van der Waals surface area (Å²) >= 11 is 0. The Morgan fingerprint density at radius 3 is 2.84 bits per heavy atom. The van der Waals surface area contributed by atoms with Crippen LogP contribution in [0.15, 0.2) is 42.5 Å². The highest BCUT2D eigenvalue weighted by atomic mass is 16.5. The van der Waals surface area contributed by atoms with Crippen LogP contribution in [0.3, 0.4) is 0 Å². The van der Waals surface area contributed by atoms with Gasteiger partial charge in [0.1, 0.15) is 5.60 Å². The molecule has 2 amide bonds. The number of hydrogen-bond acceptors (Lipinski definition) is 3. The normalized spacial score (nSPS) is 35.3. The first-order chi connectivity index (χ1) is 12.2. The van der Waals surface area contributed by atoms with E-state index in [1.54, 1.807) is 0 Å². The Labute approximate surface area is 147 Å². The predicted octanol–water partition coefficient (Wildman–Crippen LogP) is 1.29. The fourth-order valence-electron chi connectivity index (χ4n) is 4.50. The van der Waals surface area contributed by atoms with E-state index < -0.39 is 5.60 Å². The summed E-state index contributed by atoms with van der Waals surface area (Å²) in [4.78, 5) is 27.6. The first-order valence-electron chi connectivity index (χ1n) is 9.17. The van der Waals surface area contributed by atoms with E-state index in [2.05, 4.69) is 17.4 Å². The quantitative estimate of drug-likeness (QED) is 0.823. The Morgan fingerprint density at radius 1 is 1.28 bits per heavy atom. The maximum Gasteiger partial charge on any atom is 0.230 e. The molecule has 0 aromatic heterocycles. The largest absolute Gasteiger partial charge is 0.360 e. The van der Waals surface area contributed by atoms with E-state index in [1.807, 2.05) is 35.3 Å². The number of ether oxygens (including phenoxy) is 1. The van der Waals surface area contributed by atoms with Crippen LogP contribution < -0.4 is 5.32 Å². The molecule has 1 aromatic rings. The average Bonchev–Trinajstić information content (AvgIpc) is 3.16. The molecule has 1 N–H and O–H groups in total. The lowest BCUT2D eigenvalue weighted by Crippen LogP contribution is -2.44. The minimum absolute atomic E-state index is 0.0121. The summed E-state index contributed by atoms with van der Waals surface area (Å²) < 4.78 is 6.14. The van der Waals surface area contributed by atoms with Gasteiger partial charge in [0.15, 0.2) is 0 Å². The van der Waals surface area contributed by atoms with Gasteiger partial charge in [-0.05, 0) is 24.8 Å². The van der Waals surface area contributed by atoms with E-state index in [0.29, 0.717) is 19.1 Å². The molecule has 2 saturated heterocycles. The van der Waals surface area contributed by atoms with Crippen LogP contribution in [0.5, 0.6) is 0 Å². The average molecular weight is 338 g/mol. The minimum atomic E-state index is -0.593. The van der Waals surface area contributed by atoms with Crippen molar-refractivity contribution in [1.29, 1.82) is 0 Å². The van der Waals surface area contributed by atoms with Gasteiger partial charge in [-0.15, -0.1) is 0 Å². The van der Waals surface area contributed by atoms with Crippen LogP contribution in [0.25, 0.3) is 0 Å². The van der Waals surface area contributed by atoms with Crippen LogP contribution in [0.1, 0.15) is 18.4 Å². The van der Waals surface area contributed by atoms with Gasteiger partial charge in [0.05, 0.1) is 24.5 Å². The number of hydrogen-bond donors (Lipinski definition) is 1. The van der Waals surface area contributed by atoms with E-state index >= 15 is 0 Å². The molecule has 3 fully saturated rings. The summed E-state index contributed by atoms with van der Waals surface area (Å²) in [7, 11) is 0. The van der Waals surface area contributed by atoms with Crippen molar-refractivity contribution in [2.45, 2.75) is 37.0 Å². The third-order valence-electron chi connectivity index (χ3n) is 5.92. The number of nitrogens with one attached hydrogen (secondary N) is 1. The molecule has 0 unspecified atom stereocenters. The molecule has 3 heterocycles. The summed E-state index contributed by atoms with van der Waals surface area (Å²) in [5, 5.41) is 3.06. The molecule has 5 nitrogen and oxygen atoms in total. The molecule has 3 aliphatic heterocycles. The van der Waals surface area contributed by atoms with Gasteiger partial charge in [0.2, 0.25) is 11.8 Å². The second kappa shape index (κ2) is 5.43. The number of carbonyl (C=O) groups excluding carboxylic acids is 2. The lowest BCUT2D eigenvalue weighted by Gasteiger charge is -2.23. The Balaban J connectivity index is 1.33. The lowest BCUT2D eigenvalue weighted by molar-refractivity contribution is -0.137. The van der Waals surface area contributed by atoms with Crippen LogP contribution in [-0.2, 0) is 20.7 Å². The molecule has 5 heteroatoms. The van der Waals surface area contributed by atoms with Crippen LogP contribution in [-0.4, -0.2) is 47.6 Å². The van der Waals surface area contributed by atoms with Crippen molar-refractivity contribution in [3.8, 4) is 0 Å². The summed E-state index contributed by atoms with van der Waals surface area (Å²) in [5.41, 5.74) is 0.623. The van der Waals surface area contributed by atoms with Gasteiger partial charge in [-0.1, -0.05) is 42.5 Å². The molecule has 4 atom stereocenters. The number of benzene rings is 1. The van der Waals surface area contributed by atoms with E-state index in [9.17, 15) is 9.59 Å². The SMILES string of the molecule is O=C(NC1CC1)[C@@H]1[C@@H]2C=C[C@@]3(CN(CCc4ccccc4)C(=O)[C@@H]13)O2. The third kappa shape index (κ3) is 2.41. The number of amides is 2. The maximum absolute atomic E-state index is 13.0. The summed E-state index contributed by atoms with van der Waals surface area (Å²) in [6.07, 6.45) is 6.66. The zero-order valence-corrected chi connectivity index (χ0v) is 14.1. The summed E-state index contributed by atoms with van der Waals surface area (Å²) in [6, 6.07) is 10.5. The van der Waals surface area contributed by atoms with Gasteiger partial charge in [0.25, 0.3) is 0 Å². The van der Waals surface area contributed by atoms with E-state index in [0.717, 1.165) is 19.3 Å². The van der Waals surface area contributed by atoms with Crippen molar-refractivity contribution in [1.82, 2.24) is 10.2 Å². The zero-order valence-electron chi connectivity index (χ0n) is 14.1. The van der Waals surface area contributed by atoms with E-state index in [-0.39, 0.29) is 29.8 Å². The molecule has 1 aromatic carbocycles. The van der Waals surface area contributed by atoms with Crippen molar-refractivity contribution in [3.63, 3.8) is 0 Å². The molecule has 130 valence electrons. The number of rotatable bonds is 5. The molecular weight excluding hydrogens is 316 g/mol. The van der Waals surface area contributed by atoms with Gasteiger partial charge < -0.3 is 15.0 Å². The Hall–Kier alpha value is -2.14. The Morgan fingerprint density at radius 2 is 2.08 bits per heavy atom. The fourth-order valence-corrected chi connectivity index (χ4v) is 4.50. The number of likely N-dealkylation sites (tertiary alicyclic amines) is 1. The molecule has 4 aliphatic rings. The molecular formula is C20H22N2O3. The summed E-state index contributed by atoms with van der Waals surface area (Å²) in [6.45, 7) is 1.23. The van der Waals surface area contributed by atoms with Gasteiger partial charge in [-0.3, -0.25) is 9.59 Å². The van der Waals surface area contributed by atoms with Crippen LogP contribution in [0.4, 0.5) is 0 Å². The molecule has 1 aliphatic carbocycles. The minimum Gasteiger partial charge on any atom is -0.360 e. The molecule has 2 bridgehead atoms. The van der Waals surface area contributed by atoms with Gasteiger partial charge >= 0.3 is 0 Å².